The molecule has 0 saturated carbocycles. The first-order chi connectivity index (χ1) is 11.3. The molecule has 0 radical (unpaired) electrons. The van der Waals surface area contributed by atoms with Gasteiger partial charge in [-0.25, -0.2) is 4.79 Å². The lowest BCUT2D eigenvalue weighted by Gasteiger charge is -2.34. The predicted octanol–water partition coefficient (Wildman–Crippen LogP) is 3.52. The number of nitrogens with zero attached hydrogens (tertiary/aromatic N) is 1. The van der Waals surface area contributed by atoms with E-state index in [-0.39, 0.29) is 12.1 Å². The predicted molar refractivity (Wildman–Crippen MR) is 90.1 cm³/mol. The van der Waals surface area contributed by atoms with Crippen molar-refractivity contribution in [2.45, 2.75) is 18.9 Å². The van der Waals surface area contributed by atoms with E-state index >= 15 is 0 Å². The van der Waals surface area contributed by atoms with Crippen molar-refractivity contribution < 1.29 is 14.3 Å². The second kappa shape index (κ2) is 7.18. The van der Waals surface area contributed by atoms with Crippen molar-refractivity contribution in [2.24, 2.45) is 0 Å². The number of ether oxygens (including phenoxy) is 2. The molecular weight excluding hydrogens is 290 g/mol. The molecule has 2 aromatic rings. The first kappa shape index (κ1) is 15.4. The van der Waals surface area contributed by atoms with Gasteiger partial charge in [0.2, 0.25) is 0 Å². The quantitative estimate of drug-likeness (QED) is 0.810. The fourth-order valence-corrected chi connectivity index (χ4v) is 2.88. The maximum atomic E-state index is 12.3. The molecule has 0 N–H and O–H groups in total. The van der Waals surface area contributed by atoms with E-state index in [0.717, 1.165) is 25.9 Å². The largest absolute Gasteiger partial charge is 0.497 e. The number of carbonyl (C=O) groups is 1. The molecule has 1 unspecified atom stereocenters. The molecule has 0 bridgehead atoms. The Morgan fingerprint density at radius 3 is 2.74 bits per heavy atom. The van der Waals surface area contributed by atoms with Crippen LogP contribution in [-0.4, -0.2) is 32.3 Å². The Morgan fingerprint density at radius 2 is 1.96 bits per heavy atom. The van der Waals surface area contributed by atoms with E-state index in [1.54, 1.807) is 25.3 Å². The minimum Gasteiger partial charge on any atom is -0.497 e. The molecule has 0 aromatic heterocycles. The maximum Gasteiger partial charge on any atom is 0.338 e. The highest BCUT2D eigenvalue weighted by Crippen LogP contribution is 2.22. The lowest BCUT2D eigenvalue weighted by molar-refractivity contribution is 0.0269. The lowest BCUT2D eigenvalue weighted by Crippen LogP contribution is -2.40. The van der Waals surface area contributed by atoms with Gasteiger partial charge in [0.25, 0.3) is 0 Å². The molecule has 1 aliphatic heterocycles. The molecule has 4 heteroatoms. The van der Waals surface area contributed by atoms with Crippen LogP contribution >= 0.6 is 0 Å². The molecule has 1 saturated heterocycles. The van der Waals surface area contributed by atoms with Gasteiger partial charge in [0.1, 0.15) is 11.9 Å². The fourth-order valence-electron chi connectivity index (χ4n) is 2.88. The van der Waals surface area contributed by atoms with E-state index in [9.17, 15) is 4.79 Å². The van der Waals surface area contributed by atoms with Crippen molar-refractivity contribution >= 4 is 11.7 Å². The van der Waals surface area contributed by atoms with Crippen LogP contribution in [0.5, 0.6) is 5.75 Å². The third kappa shape index (κ3) is 3.83. The van der Waals surface area contributed by atoms with Gasteiger partial charge in [-0.1, -0.05) is 24.3 Å². The van der Waals surface area contributed by atoms with Crippen molar-refractivity contribution in [3.05, 3.63) is 60.2 Å². The lowest BCUT2D eigenvalue weighted by atomic mass is 10.1. The van der Waals surface area contributed by atoms with Crippen molar-refractivity contribution in [1.82, 2.24) is 0 Å². The zero-order valence-corrected chi connectivity index (χ0v) is 13.3. The van der Waals surface area contributed by atoms with Crippen LogP contribution < -0.4 is 9.64 Å². The summed E-state index contributed by atoms with van der Waals surface area (Å²) in [7, 11) is 1.59. The van der Waals surface area contributed by atoms with Crippen molar-refractivity contribution in [3.63, 3.8) is 0 Å². The van der Waals surface area contributed by atoms with Gasteiger partial charge >= 0.3 is 5.97 Å². The van der Waals surface area contributed by atoms with Crippen LogP contribution in [0.15, 0.2) is 54.6 Å². The number of carbonyl (C=O) groups excluding carboxylic acids is 1. The third-order valence-corrected chi connectivity index (χ3v) is 4.08. The molecule has 23 heavy (non-hydrogen) atoms. The van der Waals surface area contributed by atoms with Gasteiger partial charge in [-0.05, 0) is 43.2 Å². The summed E-state index contributed by atoms with van der Waals surface area (Å²) in [6, 6.07) is 17.3. The Balaban J connectivity index is 1.64. The number of rotatable bonds is 4. The van der Waals surface area contributed by atoms with Crippen molar-refractivity contribution in [2.75, 3.05) is 25.1 Å². The number of hydrogen-bond donors (Lipinski definition) is 0. The Bertz CT molecular complexity index is 657. The smallest absolute Gasteiger partial charge is 0.338 e. The van der Waals surface area contributed by atoms with Gasteiger partial charge in [0.15, 0.2) is 0 Å². The summed E-state index contributed by atoms with van der Waals surface area (Å²) in [4.78, 5) is 14.6. The van der Waals surface area contributed by atoms with Crippen LogP contribution in [0, 0.1) is 0 Å². The summed E-state index contributed by atoms with van der Waals surface area (Å²) in [5, 5.41) is 0. The molecule has 1 heterocycles. The molecule has 0 amide bonds. The molecule has 1 fully saturated rings. The monoisotopic (exact) mass is 311 g/mol. The summed E-state index contributed by atoms with van der Waals surface area (Å²) in [5.74, 6) is 0.373. The number of anilines is 1. The number of methoxy groups -OCH3 is 1. The first-order valence-corrected chi connectivity index (χ1v) is 7.91. The van der Waals surface area contributed by atoms with Crippen LogP contribution in [-0.2, 0) is 4.74 Å². The second-order valence-electron chi connectivity index (χ2n) is 5.68. The van der Waals surface area contributed by atoms with Gasteiger partial charge in [0.05, 0.1) is 19.2 Å². The summed E-state index contributed by atoms with van der Waals surface area (Å²) < 4.78 is 10.8. The van der Waals surface area contributed by atoms with Crippen LogP contribution in [0.2, 0.25) is 0 Å². The van der Waals surface area contributed by atoms with Gasteiger partial charge in [-0.3, -0.25) is 0 Å². The molecule has 3 rings (SSSR count). The first-order valence-electron chi connectivity index (χ1n) is 7.91. The summed E-state index contributed by atoms with van der Waals surface area (Å²) in [6.07, 6.45) is 1.84. The molecule has 2 aromatic carbocycles. The van der Waals surface area contributed by atoms with Crippen molar-refractivity contribution in [1.29, 1.82) is 0 Å². The van der Waals surface area contributed by atoms with E-state index in [1.807, 2.05) is 24.3 Å². The summed E-state index contributed by atoms with van der Waals surface area (Å²) >= 11 is 0. The average Bonchev–Trinajstić information content (AvgIpc) is 2.63. The van der Waals surface area contributed by atoms with E-state index in [4.69, 9.17) is 9.47 Å². The number of esters is 1. The summed E-state index contributed by atoms with van der Waals surface area (Å²) in [6.45, 7) is 1.73. The zero-order chi connectivity index (χ0) is 16.1. The number of piperidine rings is 1. The minimum atomic E-state index is -0.288. The average molecular weight is 311 g/mol. The molecule has 0 spiro atoms. The van der Waals surface area contributed by atoms with Crippen LogP contribution in [0.3, 0.4) is 0 Å². The van der Waals surface area contributed by atoms with E-state index in [1.165, 1.54) is 5.69 Å². The number of benzene rings is 2. The van der Waals surface area contributed by atoms with Gasteiger partial charge in [-0.2, -0.15) is 0 Å². The maximum absolute atomic E-state index is 12.3. The SMILES string of the molecule is COc1cccc(C(=O)OC2CCCN(c3ccccc3)C2)c1. The minimum absolute atomic E-state index is 0.0809. The normalized spacial score (nSPS) is 17.6. The molecular formula is C19H21NO3. The van der Waals surface area contributed by atoms with Crippen LogP contribution in [0.1, 0.15) is 23.2 Å². The molecule has 120 valence electrons. The molecule has 1 atom stereocenters. The highest BCUT2D eigenvalue weighted by Gasteiger charge is 2.23. The van der Waals surface area contributed by atoms with Crippen LogP contribution in [0.25, 0.3) is 0 Å². The Morgan fingerprint density at radius 1 is 1.13 bits per heavy atom. The Labute approximate surface area is 136 Å². The highest BCUT2D eigenvalue weighted by molar-refractivity contribution is 5.90. The van der Waals surface area contributed by atoms with Crippen LogP contribution in [0.4, 0.5) is 5.69 Å². The van der Waals surface area contributed by atoms with E-state index in [2.05, 4.69) is 17.0 Å². The molecule has 4 nitrogen and oxygen atoms in total. The van der Waals surface area contributed by atoms with E-state index in [0.29, 0.717) is 11.3 Å². The molecule has 0 aliphatic carbocycles. The van der Waals surface area contributed by atoms with Gasteiger partial charge < -0.3 is 14.4 Å². The number of hydrogen-bond acceptors (Lipinski definition) is 4. The van der Waals surface area contributed by atoms with Gasteiger partial charge in [-0.15, -0.1) is 0 Å². The number of para-hydroxylation sites is 1. The Hall–Kier alpha value is -2.49. The van der Waals surface area contributed by atoms with Gasteiger partial charge in [0, 0.05) is 12.2 Å². The second-order valence-corrected chi connectivity index (χ2v) is 5.68. The summed E-state index contributed by atoms with van der Waals surface area (Å²) in [5.41, 5.74) is 1.70. The standard InChI is InChI=1S/C19H21NO3/c1-22-17-10-5-7-15(13-17)19(21)23-18-11-6-12-20(14-18)16-8-3-2-4-9-16/h2-5,7-10,13,18H,6,11-12,14H2,1H3. The third-order valence-electron chi connectivity index (χ3n) is 4.08. The topological polar surface area (TPSA) is 38.8 Å². The highest BCUT2D eigenvalue weighted by atomic mass is 16.5. The van der Waals surface area contributed by atoms with E-state index < -0.39 is 0 Å². The zero-order valence-electron chi connectivity index (χ0n) is 13.3. The fraction of sp³-hybridized carbons (Fsp3) is 0.316. The Kier molecular flexibility index (Phi) is 4.81. The van der Waals surface area contributed by atoms with Crippen molar-refractivity contribution in [3.8, 4) is 5.75 Å². The molecule has 1 aliphatic rings.